The van der Waals surface area contributed by atoms with Crippen LogP contribution in [0.2, 0.25) is 0 Å². The molecule has 1 aromatic heterocycles. The molecule has 0 aliphatic carbocycles. The molecule has 0 fully saturated rings. The SMILES string of the molecule is Cc1[nH]nc(-c2ccccc2F)c1C(F)(F)F. The molecule has 0 aliphatic heterocycles. The monoisotopic (exact) mass is 244 g/mol. The largest absolute Gasteiger partial charge is 0.420 e. The highest BCUT2D eigenvalue weighted by Gasteiger charge is 2.38. The number of aromatic nitrogens is 2. The first-order valence-electron chi connectivity index (χ1n) is 4.78. The van der Waals surface area contributed by atoms with Gasteiger partial charge in [-0.2, -0.15) is 18.3 Å². The number of benzene rings is 1. The van der Waals surface area contributed by atoms with E-state index in [2.05, 4.69) is 10.2 Å². The number of halogens is 4. The average Bonchev–Trinajstić information content (AvgIpc) is 2.60. The van der Waals surface area contributed by atoms with Crippen LogP contribution in [0, 0.1) is 12.7 Å². The van der Waals surface area contributed by atoms with Gasteiger partial charge in [0, 0.05) is 11.3 Å². The Morgan fingerprint density at radius 2 is 1.82 bits per heavy atom. The normalized spacial score (nSPS) is 11.8. The van der Waals surface area contributed by atoms with E-state index in [0.717, 1.165) is 6.07 Å². The third-order valence-electron chi connectivity index (χ3n) is 2.36. The van der Waals surface area contributed by atoms with Crippen molar-refractivity contribution in [2.75, 3.05) is 0 Å². The Morgan fingerprint density at radius 1 is 1.18 bits per heavy atom. The van der Waals surface area contributed by atoms with Gasteiger partial charge in [-0.1, -0.05) is 12.1 Å². The summed E-state index contributed by atoms with van der Waals surface area (Å²) in [5.41, 5.74) is -1.63. The van der Waals surface area contributed by atoms with Crippen LogP contribution in [0.5, 0.6) is 0 Å². The molecule has 2 rings (SSSR count). The first-order valence-corrected chi connectivity index (χ1v) is 4.78. The zero-order valence-corrected chi connectivity index (χ0v) is 8.77. The van der Waals surface area contributed by atoms with E-state index in [1.165, 1.54) is 25.1 Å². The van der Waals surface area contributed by atoms with Crippen molar-refractivity contribution < 1.29 is 17.6 Å². The molecule has 0 amide bonds. The minimum absolute atomic E-state index is 0.129. The van der Waals surface area contributed by atoms with E-state index in [-0.39, 0.29) is 11.3 Å². The molecule has 0 bridgehead atoms. The lowest BCUT2D eigenvalue weighted by Crippen LogP contribution is -2.07. The Bertz CT molecular complexity index is 543. The Kier molecular flexibility index (Phi) is 2.65. The molecule has 2 nitrogen and oxygen atoms in total. The van der Waals surface area contributed by atoms with Crippen molar-refractivity contribution in [2.24, 2.45) is 0 Å². The van der Waals surface area contributed by atoms with Gasteiger partial charge in [-0.25, -0.2) is 4.39 Å². The minimum Gasteiger partial charge on any atom is -0.282 e. The van der Waals surface area contributed by atoms with Crippen LogP contribution >= 0.6 is 0 Å². The minimum atomic E-state index is -4.56. The third kappa shape index (κ3) is 2.02. The summed E-state index contributed by atoms with van der Waals surface area (Å²) in [6, 6.07) is 5.23. The van der Waals surface area contributed by atoms with E-state index in [4.69, 9.17) is 0 Å². The lowest BCUT2D eigenvalue weighted by Gasteiger charge is -2.08. The molecule has 0 radical (unpaired) electrons. The zero-order chi connectivity index (χ0) is 12.6. The van der Waals surface area contributed by atoms with Crippen LogP contribution in [0.25, 0.3) is 11.3 Å². The standard InChI is InChI=1S/C11H8F4N2/c1-6-9(11(13,14)15)10(17-16-6)7-4-2-3-5-8(7)12/h2-5H,1H3,(H,16,17). The van der Waals surface area contributed by atoms with Crippen LogP contribution in [0.15, 0.2) is 24.3 Å². The summed E-state index contributed by atoms with van der Waals surface area (Å²) in [7, 11) is 0. The van der Waals surface area contributed by atoms with E-state index in [0.29, 0.717) is 0 Å². The molecule has 0 unspecified atom stereocenters. The maximum Gasteiger partial charge on any atom is 0.420 e. The summed E-state index contributed by atoms with van der Waals surface area (Å²) in [6.07, 6.45) is -4.56. The van der Waals surface area contributed by atoms with Gasteiger partial charge >= 0.3 is 6.18 Å². The molecule has 0 spiro atoms. The van der Waals surface area contributed by atoms with Crippen molar-refractivity contribution in [1.82, 2.24) is 10.2 Å². The second kappa shape index (κ2) is 3.87. The lowest BCUT2D eigenvalue weighted by atomic mass is 10.1. The van der Waals surface area contributed by atoms with Crippen molar-refractivity contribution in [3.05, 3.63) is 41.3 Å². The molecule has 1 heterocycles. The third-order valence-corrected chi connectivity index (χ3v) is 2.36. The number of rotatable bonds is 1. The average molecular weight is 244 g/mol. The van der Waals surface area contributed by atoms with Crippen molar-refractivity contribution in [2.45, 2.75) is 13.1 Å². The summed E-state index contributed by atoms with van der Waals surface area (Å²) in [4.78, 5) is 0. The van der Waals surface area contributed by atoms with Crippen LogP contribution < -0.4 is 0 Å². The number of H-pyrrole nitrogens is 1. The second-order valence-corrected chi connectivity index (χ2v) is 3.55. The quantitative estimate of drug-likeness (QED) is 0.763. The van der Waals surface area contributed by atoms with E-state index >= 15 is 0 Å². The van der Waals surface area contributed by atoms with Gasteiger partial charge in [-0.15, -0.1) is 0 Å². The molecule has 6 heteroatoms. The van der Waals surface area contributed by atoms with Gasteiger partial charge in [0.1, 0.15) is 17.1 Å². The Labute approximate surface area is 94.3 Å². The number of aromatic amines is 1. The number of alkyl halides is 3. The number of hydrogen-bond acceptors (Lipinski definition) is 1. The van der Waals surface area contributed by atoms with E-state index in [1.54, 1.807) is 0 Å². The van der Waals surface area contributed by atoms with E-state index in [1.807, 2.05) is 0 Å². The van der Waals surface area contributed by atoms with Crippen molar-refractivity contribution in [3.8, 4) is 11.3 Å². The molecule has 1 aromatic carbocycles. The number of aryl methyl sites for hydroxylation is 1. The number of nitrogens with one attached hydrogen (secondary N) is 1. The predicted octanol–water partition coefficient (Wildman–Crippen LogP) is 3.54. The molecular weight excluding hydrogens is 236 g/mol. The van der Waals surface area contributed by atoms with Gasteiger partial charge < -0.3 is 0 Å². The molecule has 0 saturated carbocycles. The maximum atomic E-state index is 13.4. The fourth-order valence-corrected chi connectivity index (χ4v) is 1.62. The first kappa shape index (κ1) is 11.6. The van der Waals surface area contributed by atoms with Gasteiger partial charge in [0.25, 0.3) is 0 Å². The van der Waals surface area contributed by atoms with Crippen LogP contribution in [0.1, 0.15) is 11.3 Å². The Balaban J connectivity index is 2.66. The molecule has 17 heavy (non-hydrogen) atoms. The molecular formula is C11H8F4N2. The number of nitrogens with zero attached hydrogens (tertiary/aromatic N) is 1. The molecule has 1 N–H and O–H groups in total. The topological polar surface area (TPSA) is 28.7 Å². The lowest BCUT2D eigenvalue weighted by molar-refractivity contribution is -0.137. The van der Waals surface area contributed by atoms with Crippen LogP contribution in [0.4, 0.5) is 17.6 Å². The van der Waals surface area contributed by atoms with Crippen molar-refractivity contribution in [1.29, 1.82) is 0 Å². The van der Waals surface area contributed by atoms with Gasteiger partial charge in [-0.05, 0) is 19.1 Å². The highest BCUT2D eigenvalue weighted by Crippen LogP contribution is 2.38. The maximum absolute atomic E-state index is 13.4. The van der Waals surface area contributed by atoms with Gasteiger partial charge in [0.2, 0.25) is 0 Å². The van der Waals surface area contributed by atoms with Gasteiger partial charge in [-0.3, -0.25) is 5.10 Å². The predicted molar refractivity (Wildman–Crippen MR) is 53.7 cm³/mol. The molecule has 0 saturated heterocycles. The molecule has 90 valence electrons. The fraction of sp³-hybridized carbons (Fsp3) is 0.182. The summed E-state index contributed by atoms with van der Waals surface area (Å²) in [5.74, 6) is -0.732. The van der Waals surface area contributed by atoms with E-state index < -0.39 is 23.3 Å². The highest BCUT2D eigenvalue weighted by atomic mass is 19.4. The molecule has 2 aromatic rings. The smallest absolute Gasteiger partial charge is 0.282 e. The van der Waals surface area contributed by atoms with E-state index in [9.17, 15) is 17.6 Å². The zero-order valence-electron chi connectivity index (χ0n) is 8.77. The van der Waals surface area contributed by atoms with Crippen LogP contribution in [-0.4, -0.2) is 10.2 Å². The first-order chi connectivity index (χ1) is 7.91. The van der Waals surface area contributed by atoms with Crippen LogP contribution in [-0.2, 0) is 6.18 Å². The second-order valence-electron chi connectivity index (χ2n) is 3.55. The van der Waals surface area contributed by atoms with Crippen LogP contribution in [0.3, 0.4) is 0 Å². The highest BCUT2D eigenvalue weighted by molar-refractivity contribution is 5.65. The Hall–Kier alpha value is -1.85. The van der Waals surface area contributed by atoms with Crippen molar-refractivity contribution in [3.63, 3.8) is 0 Å². The van der Waals surface area contributed by atoms with Gasteiger partial charge in [0.05, 0.1) is 0 Å². The van der Waals surface area contributed by atoms with Crippen molar-refractivity contribution >= 4 is 0 Å². The summed E-state index contributed by atoms with van der Waals surface area (Å²) in [5, 5.41) is 5.76. The van der Waals surface area contributed by atoms with Gasteiger partial charge in [0.15, 0.2) is 0 Å². The summed E-state index contributed by atoms with van der Waals surface area (Å²) in [6.45, 7) is 1.25. The fourth-order valence-electron chi connectivity index (χ4n) is 1.62. The summed E-state index contributed by atoms with van der Waals surface area (Å²) < 4.78 is 51.8. The Morgan fingerprint density at radius 3 is 2.41 bits per heavy atom. The molecule has 0 aliphatic rings. The number of hydrogen-bond donors (Lipinski definition) is 1. The summed E-state index contributed by atoms with van der Waals surface area (Å²) >= 11 is 0. The molecule has 0 atom stereocenters.